The van der Waals surface area contributed by atoms with E-state index in [-0.39, 0.29) is 17.4 Å². The van der Waals surface area contributed by atoms with E-state index in [9.17, 15) is 9.59 Å². The van der Waals surface area contributed by atoms with E-state index in [1.165, 1.54) is 11.1 Å². The Hall–Kier alpha value is -4.61. The molecule has 4 aromatic carbocycles. The van der Waals surface area contributed by atoms with Gasteiger partial charge in [-0.05, 0) is 53.6 Å². The third kappa shape index (κ3) is 128. The SMILES string of the molecule is C=C(C)C(=O)OCCC(C)(C)CC.C=C(C)C(=O)OCCN(C)C.CC.CC.CC.CC.CCCl.COC.COC.COC.COC.Cc1ccccc1.Cc1ccccc1.c1ccccc1.c1ccccc1. The van der Waals surface area contributed by atoms with Crippen molar-refractivity contribution < 1.29 is 38.0 Å². The van der Waals surface area contributed by atoms with Crippen LogP contribution in [0.5, 0.6) is 0 Å². The van der Waals surface area contributed by atoms with Gasteiger partial charge >= 0.3 is 11.9 Å². The first-order chi connectivity index (χ1) is 34.8. The van der Waals surface area contributed by atoms with E-state index in [0.717, 1.165) is 25.3 Å². The predicted molar refractivity (Wildman–Crippen MR) is 328 cm³/mol. The van der Waals surface area contributed by atoms with E-state index < -0.39 is 0 Å². The van der Waals surface area contributed by atoms with Gasteiger partial charge in [-0.2, -0.15) is 0 Å². The number of halogens is 1. The average Bonchev–Trinajstić information content (AvgIpc) is 3.40. The lowest BCUT2D eigenvalue weighted by Gasteiger charge is -2.21. The summed E-state index contributed by atoms with van der Waals surface area (Å²) in [4.78, 5) is 23.7. The molecular formula is C63H116ClNO8. The molecule has 10 heteroatoms. The third-order valence-electron chi connectivity index (χ3n) is 6.65. The van der Waals surface area contributed by atoms with Gasteiger partial charge in [-0.1, -0.05) is 247 Å². The predicted octanol–water partition coefficient (Wildman–Crippen LogP) is 17.4. The van der Waals surface area contributed by atoms with Gasteiger partial charge in [-0.3, -0.25) is 0 Å². The standard InChI is InChI=1S/C11H20O2.C8H15NO2.2C7H8.2C6H6.C2H5Cl.4C2H6O.4C2H6/c1-6-11(4,5)7-8-13-10(12)9(2)3;1-7(2)8(10)11-6-5-9(3)4;2*1-7-5-3-2-4-6-7;2*1-2-4-6-5-3-1;1-2-3;4*1-3-2;4*1-2/h2,6-8H2,1,3-5H3;1,5-6H2,2-4H3;2*2-6H,1H3;2*1-6H;2H2,1H3;4*1-2H3;4*1-2H3. The topological polar surface area (TPSA) is 92.8 Å². The van der Waals surface area contributed by atoms with Crippen molar-refractivity contribution in [3.8, 4) is 0 Å². The number of methoxy groups -OCH3 is 4. The van der Waals surface area contributed by atoms with Gasteiger partial charge in [0.15, 0.2) is 0 Å². The number of rotatable bonds is 9. The lowest BCUT2D eigenvalue weighted by molar-refractivity contribution is -0.140. The van der Waals surface area contributed by atoms with E-state index in [1.54, 1.807) is 70.7 Å². The second kappa shape index (κ2) is 93.4. The molecule has 9 nitrogen and oxygen atoms in total. The van der Waals surface area contributed by atoms with Crippen LogP contribution in [0.15, 0.2) is 158 Å². The van der Waals surface area contributed by atoms with Crippen molar-refractivity contribution in [1.82, 2.24) is 4.90 Å². The highest BCUT2D eigenvalue weighted by atomic mass is 35.5. The fourth-order valence-corrected chi connectivity index (χ4v) is 3.00. The quantitative estimate of drug-likeness (QED) is 0.0923. The molecule has 0 aliphatic heterocycles. The summed E-state index contributed by atoms with van der Waals surface area (Å²) in [7, 11) is 16.9. The fourth-order valence-electron chi connectivity index (χ4n) is 3.00. The maximum absolute atomic E-state index is 11.0. The van der Waals surface area contributed by atoms with E-state index >= 15 is 0 Å². The van der Waals surface area contributed by atoms with E-state index in [1.807, 2.05) is 191 Å². The summed E-state index contributed by atoms with van der Waals surface area (Å²) in [5.41, 5.74) is 3.82. The number of ether oxygens (including phenoxy) is 6. The Labute approximate surface area is 459 Å². The molecule has 428 valence electrons. The van der Waals surface area contributed by atoms with E-state index in [0.29, 0.717) is 24.4 Å². The Morgan fingerprint density at radius 3 is 0.822 bits per heavy atom. The molecule has 0 saturated carbocycles. The number of nitrogens with zero attached hydrogens (tertiary/aromatic N) is 1. The number of carbonyl (C=O) groups excluding carboxylic acids is 2. The van der Waals surface area contributed by atoms with Gasteiger partial charge < -0.3 is 33.3 Å². The second-order valence-corrected chi connectivity index (χ2v) is 15.0. The Kier molecular flexibility index (Phi) is 121. The van der Waals surface area contributed by atoms with Crippen LogP contribution in [0.4, 0.5) is 0 Å². The molecule has 0 amide bonds. The van der Waals surface area contributed by atoms with Crippen LogP contribution < -0.4 is 0 Å². The lowest BCUT2D eigenvalue weighted by Crippen LogP contribution is -2.20. The molecule has 0 aromatic heterocycles. The van der Waals surface area contributed by atoms with Gasteiger partial charge in [-0.25, -0.2) is 9.59 Å². The van der Waals surface area contributed by atoms with E-state index in [2.05, 4.69) is 91.0 Å². The molecule has 0 saturated heterocycles. The van der Waals surface area contributed by atoms with Crippen LogP contribution >= 0.6 is 11.6 Å². The second-order valence-electron chi connectivity index (χ2n) is 14.4. The maximum Gasteiger partial charge on any atom is 0.333 e. The van der Waals surface area contributed by atoms with Crippen molar-refractivity contribution in [2.45, 2.75) is 124 Å². The first-order valence-electron chi connectivity index (χ1n) is 25.3. The van der Waals surface area contributed by atoms with E-state index in [4.69, 9.17) is 21.1 Å². The molecule has 73 heavy (non-hydrogen) atoms. The lowest BCUT2D eigenvalue weighted by atomic mass is 9.87. The molecular weight excluding hydrogens is 934 g/mol. The Morgan fingerprint density at radius 1 is 0.479 bits per heavy atom. The van der Waals surface area contributed by atoms with Crippen molar-refractivity contribution in [3.63, 3.8) is 0 Å². The first-order valence-corrected chi connectivity index (χ1v) is 25.8. The molecule has 0 radical (unpaired) electrons. The molecule has 4 rings (SSSR count). The van der Waals surface area contributed by atoms with Crippen molar-refractivity contribution in [1.29, 1.82) is 0 Å². The molecule has 0 atom stereocenters. The van der Waals surface area contributed by atoms with Gasteiger partial charge in [0, 0.05) is 80.4 Å². The zero-order valence-corrected chi connectivity index (χ0v) is 52.7. The zero-order valence-electron chi connectivity index (χ0n) is 51.9. The fraction of sp³-hybridized carbons (Fsp3) is 0.524. The molecule has 0 unspecified atom stereocenters. The normalized spacial score (nSPS) is 8.00. The van der Waals surface area contributed by atoms with Crippen molar-refractivity contribution in [2.75, 3.05) is 96.6 Å². The summed E-state index contributed by atoms with van der Waals surface area (Å²) in [6, 6.07) is 44.5. The van der Waals surface area contributed by atoms with Crippen molar-refractivity contribution in [3.05, 3.63) is 169 Å². The molecule has 4 aromatic rings. The minimum atomic E-state index is -0.313. The summed E-state index contributed by atoms with van der Waals surface area (Å²) in [6.45, 7) is 40.5. The number of hydrogen-bond donors (Lipinski definition) is 0. The molecule has 0 heterocycles. The molecule has 0 aliphatic carbocycles. The van der Waals surface area contributed by atoms with Gasteiger partial charge in [0.1, 0.15) is 6.61 Å². The number of esters is 2. The number of hydrogen-bond acceptors (Lipinski definition) is 9. The number of likely N-dealkylation sites (N-methyl/N-ethyl adjacent to an activating group) is 1. The first kappa shape index (κ1) is 94.3. The van der Waals surface area contributed by atoms with Crippen LogP contribution in [0.3, 0.4) is 0 Å². The number of aryl methyl sites for hydroxylation is 2. The summed E-state index contributed by atoms with van der Waals surface area (Å²) in [5, 5.41) is 0. The number of carbonyl (C=O) groups is 2. The summed E-state index contributed by atoms with van der Waals surface area (Å²) < 4.78 is 26.8. The van der Waals surface area contributed by atoms with Crippen molar-refractivity contribution >= 4 is 23.5 Å². The Bertz CT molecular complexity index is 1340. The van der Waals surface area contributed by atoms with Crippen LogP contribution in [0.1, 0.15) is 121 Å². The van der Waals surface area contributed by atoms with Crippen molar-refractivity contribution in [2.24, 2.45) is 5.41 Å². The highest BCUT2D eigenvalue weighted by Gasteiger charge is 2.15. The number of alkyl halides is 1. The summed E-state index contributed by atoms with van der Waals surface area (Å²) in [5.74, 6) is 0.124. The summed E-state index contributed by atoms with van der Waals surface area (Å²) >= 11 is 5.00. The van der Waals surface area contributed by atoms with Gasteiger partial charge in [0.05, 0.1) is 6.61 Å². The Morgan fingerprint density at radius 2 is 0.671 bits per heavy atom. The molecule has 0 bridgehead atoms. The smallest absolute Gasteiger partial charge is 0.333 e. The van der Waals surface area contributed by atoms with Gasteiger partial charge in [-0.15, -0.1) is 11.6 Å². The monoisotopic (exact) mass is 1050 g/mol. The highest BCUT2D eigenvalue weighted by Crippen LogP contribution is 2.24. The van der Waals surface area contributed by atoms with Gasteiger partial charge in [0.25, 0.3) is 0 Å². The minimum Gasteiger partial charge on any atom is -0.462 e. The van der Waals surface area contributed by atoms with Crippen LogP contribution in [-0.4, -0.2) is 113 Å². The molecule has 0 aliphatic rings. The Balaban J connectivity index is -0.0000000656. The zero-order chi connectivity index (χ0) is 59.6. The highest BCUT2D eigenvalue weighted by molar-refractivity contribution is 6.17. The molecule has 0 N–H and O–H groups in total. The third-order valence-corrected chi connectivity index (χ3v) is 6.65. The van der Waals surface area contributed by atoms with Crippen LogP contribution in [0, 0.1) is 19.3 Å². The average molecular weight is 1050 g/mol. The molecule has 0 spiro atoms. The van der Waals surface area contributed by atoms with Gasteiger partial charge in [0.2, 0.25) is 0 Å². The maximum atomic E-state index is 11.0. The summed E-state index contributed by atoms with van der Waals surface area (Å²) in [6.07, 6.45) is 2.00. The van der Waals surface area contributed by atoms with Crippen LogP contribution in [0.25, 0.3) is 0 Å². The largest absolute Gasteiger partial charge is 0.462 e. The number of benzene rings is 4. The van der Waals surface area contributed by atoms with Crippen LogP contribution in [-0.2, 0) is 38.0 Å². The molecule has 0 fully saturated rings. The van der Waals surface area contributed by atoms with Crippen LogP contribution in [0.2, 0.25) is 0 Å². The minimum absolute atomic E-state index is 0.259.